The van der Waals surface area contributed by atoms with E-state index in [1.807, 2.05) is 0 Å². The second kappa shape index (κ2) is 7.46. The molecular weight excluding hydrogens is 424 g/mol. The van der Waals surface area contributed by atoms with Gasteiger partial charge in [0.2, 0.25) is 5.65 Å². The van der Waals surface area contributed by atoms with Crippen molar-refractivity contribution >= 4 is 32.6 Å². The van der Waals surface area contributed by atoms with Crippen molar-refractivity contribution in [2.45, 2.75) is 30.1 Å². The van der Waals surface area contributed by atoms with Gasteiger partial charge in [-0.1, -0.05) is 35.0 Å². The zero-order chi connectivity index (χ0) is 21.5. The molecular formula is C21H19ClN4O3S. The highest BCUT2D eigenvalue weighted by Crippen LogP contribution is 2.27. The first-order valence-corrected chi connectivity index (χ1v) is 11.2. The number of fused-ring (bicyclic) bond motifs is 1. The molecule has 1 N–H and O–H groups in total. The molecule has 0 fully saturated rings. The number of hydrogen-bond acceptors (Lipinski definition) is 6. The molecule has 9 heteroatoms. The van der Waals surface area contributed by atoms with Gasteiger partial charge < -0.3 is 5.11 Å². The number of nitrogens with zero attached hydrogens (tertiary/aromatic N) is 4. The highest BCUT2D eigenvalue weighted by atomic mass is 35.5. The molecule has 2 aromatic heterocycles. The van der Waals surface area contributed by atoms with Crippen LogP contribution in [0.5, 0.6) is 0 Å². The van der Waals surface area contributed by atoms with Crippen LogP contribution in [0.2, 0.25) is 5.02 Å². The van der Waals surface area contributed by atoms with E-state index in [9.17, 15) is 13.5 Å². The summed E-state index contributed by atoms with van der Waals surface area (Å²) in [5.74, 6) is -0.247. The van der Waals surface area contributed by atoms with Crippen molar-refractivity contribution in [2.75, 3.05) is 0 Å². The third-order valence-corrected chi connectivity index (χ3v) is 6.68. The molecule has 2 aromatic carbocycles. The third-order valence-electron chi connectivity index (χ3n) is 4.76. The lowest BCUT2D eigenvalue weighted by Gasteiger charge is -2.18. The van der Waals surface area contributed by atoms with Gasteiger partial charge in [0.05, 0.1) is 21.9 Å². The van der Waals surface area contributed by atoms with Crippen LogP contribution in [0.4, 0.5) is 0 Å². The van der Waals surface area contributed by atoms with Gasteiger partial charge in [0, 0.05) is 11.2 Å². The van der Waals surface area contributed by atoms with Crippen LogP contribution < -0.4 is 0 Å². The van der Waals surface area contributed by atoms with Crippen LogP contribution in [-0.4, -0.2) is 33.5 Å². The number of sulfone groups is 1. The van der Waals surface area contributed by atoms with Crippen molar-refractivity contribution in [1.82, 2.24) is 20.0 Å². The molecule has 0 aliphatic heterocycles. The SMILES string of the molecule is CC(C)(O)c1ccc(S(=O)(=O)Cc2ccc(Cl)cc2-n2nnc3ncccc32)cc1. The second-order valence-corrected chi connectivity index (χ2v) is 9.89. The van der Waals surface area contributed by atoms with Gasteiger partial charge in [-0.3, -0.25) is 0 Å². The molecule has 0 unspecified atom stereocenters. The first-order chi connectivity index (χ1) is 14.1. The molecule has 0 aliphatic carbocycles. The van der Waals surface area contributed by atoms with Gasteiger partial charge in [0.15, 0.2) is 9.84 Å². The number of benzene rings is 2. The fourth-order valence-electron chi connectivity index (χ4n) is 3.16. The Labute approximate surface area is 178 Å². The Balaban J connectivity index is 1.75. The minimum absolute atomic E-state index is 0.168. The first kappa shape index (κ1) is 20.5. The van der Waals surface area contributed by atoms with E-state index in [-0.39, 0.29) is 10.6 Å². The molecule has 7 nitrogen and oxygen atoms in total. The summed E-state index contributed by atoms with van der Waals surface area (Å²) in [4.78, 5) is 4.33. The summed E-state index contributed by atoms with van der Waals surface area (Å²) in [6.45, 7) is 3.29. The molecule has 0 aliphatic rings. The molecule has 0 saturated carbocycles. The largest absolute Gasteiger partial charge is 0.386 e. The molecule has 2 heterocycles. The van der Waals surface area contributed by atoms with E-state index in [0.29, 0.717) is 33.0 Å². The molecule has 154 valence electrons. The molecule has 0 bridgehead atoms. The van der Waals surface area contributed by atoms with E-state index in [2.05, 4.69) is 15.3 Å². The van der Waals surface area contributed by atoms with Crippen LogP contribution in [0.3, 0.4) is 0 Å². The van der Waals surface area contributed by atoms with E-state index in [1.165, 1.54) is 16.8 Å². The van der Waals surface area contributed by atoms with E-state index < -0.39 is 15.4 Å². The lowest BCUT2D eigenvalue weighted by atomic mass is 9.99. The Morgan fingerprint density at radius 3 is 2.53 bits per heavy atom. The summed E-state index contributed by atoms with van der Waals surface area (Å²) >= 11 is 6.18. The van der Waals surface area contributed by atoms with Crippen molar-refractivity contribution in [3.63, 3.8) is 0 Å². The number of hydrogen-bond donors (Lipinski definition) is 1. The van der Waals surface area contributed by atoms with Crippen LogP contribution in [0.1, 0.15) is 25.0 Å². The number of rotatable bonds is 5. The standard InChI is InChI=1S/C21H19ClN4O3S/c1-21(2,27)15-6-9-17(10-7-15)30(28,29)13-14-5-8-16(22)12-19(14)26-18-4-3-11-23-20(18)24-25-26/h3-12,27H,13H2,1-2H3. The fourth-order valence-corrected chi connectivity index (χ4v) is 4.70. The summed E-state index contributed by atoms with van der Waals surface area (Å²) in [7, 11) is -3.66. The zero-order valence-electron chi connectivity index (χ0n) is 16.3. The Kier molecular flexibility index (Phi) is 5.09. The highest BCUT2D eigenvalue weighted by Gasteiger charge is 2.22. The average molecular weight is 443 g/mol. The summed E-state index contributed by atoms with van der Waals surface area (Å²) in [6.07, 6.45) is 1.61. The van der Waals surface area contributed by atoms with Crippen LogP contribution in [0, 0.1) is 0 Å². The molecule has 0 spiro atoms. The van der Waals surface area contributed by atoms with Crippen LogP contribution in [0.25, 0.3) is 16.9 Å². The van der Waals surface area contributed by atoms with E-state index in [0.717, 1.165) is 0 Å². The average Bonchev–Trinajstić information content (AvgIpc) is 3.13. The van der Waals surface area contributed by atoms with E-state index in [4.69, 9.17) is 11.6 Å². The minimum atomic E-state index is -3.66. The highest BCUT2D eigenvalue weighted by molar-refractivity contribution is 7.90. The third kappa shape index (κ3) is 3.94. The Morgan fingerprint density at radius 2 is 1.83 bits per heavy atom. The number of pyridine rings is 1. The van der Waals surface area contributed by atoms with E-state index >= 15 is 0 Å². The zero-order valence-corrected chi connectivity index (χ0v) is 17.9. The van der Waals surface area contributed by atoms with Gasteiger partial charge >= 0.3 is 0 Å². The van der Waals surface area contributed by atoms with Gasteiger partial charge in [0.1, 0.15) is 5.52 Å². The van der Waals surface area contributed by atoms with Crippen LogP contribution in [0.15, 0.2) is 65.7 Å². The topological polar surface area (TPSA) is 98.0 Å². The smallest absolute Gasteiger partial charge is 0.202 e. The van der Waals surface area contributed by atoms with Gasteiger partial charge in [0.25, 0.3) is 0 Å². The second-order valence-electron chi connectivity index (χ2n) is 7.46. The molecule has 4 rings (SSSR count). The maximum absolute atomic E-state index is 13.1. The molecule has 0 amide bonds. The lowest BCUT2D eigenvalue weighted by Crippen LogP contribution is -2.15. The summed E-state index contributed by atoms with van der Waals surface area (Å²) in [5, 5.41) is 18.7. The maximum atomic E-state index is 13.1. The van der Waals surface area contributed by atoms with Crippen molar-refractivity contribution in [3.8, 4) is 5.69 Å². The predicted molar refractivity (Wildman–Crippen MR) is 114 cm³/mol. The molecule has 4 aromatic rings. The number of aliphatic hydroxyl groups is 1. The van der Waals surface area contributed by atoms with Crippen molar-refractivity contribution < 1.29 is 13.5 Å². The summed E-state index contributed by atoms with van der Waals surface area (Å²) < 4.78 is 27.7. The number of aromatic nitrogens is 4. The van der Waals surface area contributed by atoms with Crippen LogP contribution >= 0.6 is 11.6 Å². The van der Waals surface area contributed by atoms with Crippen molar-refractivity contribution in [3.05, 3.63) is 76.9 Å². The van der Waals surface area contributed by atoms with Gasteiger partial charge in [-0.25, -0.2) is 18.1 Å². The van der Waals surface area contributed by atoms with E-state index in [1.54, 1.807) is 62.5 Å². The fraction of sp³-hybridized carbons (Fsp3) is 0.190. The maximum Gasteiger partial charge on any atom is 0.202 e. The lowest BCUT2D eigenvalue weighted by molar-refractivity contribution is 0.0785. The van der Waals surface area contributed by atoms with Crippen LogP contribution in [-0.2, 0) is 21.2 Å². The normalized spacial score (nSPS) is 12.4. The predicted octanol–water partition coefficient (Wildman–Crippen LogP) is 3.67. The van der Waals surface area contributed by atoms with Gasteiger partial charge in [-0.15, -0.1) is 5.10 Å². The Morgan fingerprint density at radius 1 is 1.10 bits per heavy atom. The summed E-state index contributed by atoms with van der Waals surface area (Å²) in [5.41, 5.74) is 1.74. The summed E-state index contributed by atoms with van der Waals surface area (Å²) in [6, 6.07) is 14.8. The monoisotopic (exact) mass is 442 g/mol. The molecule has 0 radical (unpaired) electrons. The Hall–Kier alpha value is -2.81. The molecule has 0 atom stereocenters. The van der Waals surface area contributed by atoms with Gasteiger partial charge in [-0.05, 0) is 61.4 Å². The first-order valence-electron chi connectivity index (χ1n) is 9.16. The number of halogens is 1. The van der Waals surface area contributed by atoms with Gasteiger partial charge in [-0.2, -0.15) is 0 Å². The quantitative estimate of drug-likeness (QED) is 0.506. The Bertz CT molecular complexity index is 1330. The van der Waals surface area contributed by atoms with Crippen molar-refractivity contribution in [1.29, 1.82) is 0 Å². The molecule has 30 heavy (non-hydrogen) atoms. The minimum Gasteiger partial charge on any atom is -0.386 e. The molecule has 0 saturated heterocycles. The van der Waals surface area contributed by atoms with Crippen molar-refractivity contribution in [2.24, 2.45) is 0 Å².